The summed E-state index contributed by atoms with van der Waals surface area (Å²) < 4.78 is 0. The highest BCUT2D eigenvalue weighted by Gasteiger charge is 2.33. The van der Waals surface area contributed by atoms with E-state index in [1.165, 1.54) is 19.3 Å². The van der Waals surface area contributed by atoms with Crippen molar-refractivity contribution in [2.75, 3.05) is 0 Å². The summed E-state index contributed by atoms with van der Waals surface area (Å²) in [6.45, 7) is 14.2. The lowest BCUT2D eigenvalue weighted by Crippen LogP contribution is -2.24. The second kappa shape index (κ2) is 6.52. The molecule has 0 saturated carbocycles. The minimum atomic E-state index is -0.266. The number of allylic oxidation sites excluding steroid dienone is 8. The maximum absolute atomic E-state index is 2.55. The Balaban J connectivity index is 2.21. The van der Waals surface area contributed by atoms with Crippen LogP contribution in [-0.4, -0.2) is 9.52 Å². The molecule has 116 valence electrons. The Hall–Kier alpha value is -0.823. The third kappa shape index (κ3) is 3.51. The van der Waals surface area contributed by atoms with Crippen LogP contribution in [0.1, 0.15) is 60.8 Å². The SMILES string of the molecule is CC1=C(C)C(C)C([SiH2]C2(CCC(C)C)C=CC=CC2)=C1C. The van der Waals surface area contributed by atoms with Gasteiger partial charge in [0.15, 0.2) is 0 Å². The van der Waals surface area contributed by atoms with Gasteiger partial charge in [-0.25, -0.2) is 0 Å². The second-order valence-electron chi connectivity index (χ2n) is 7.64. The van der Waals surface area contributed by atoms with Crippen LogP contribution in [0.5, 0.6) is 0 Å². The predicted octanol–water partition coefficient (Wildman–Crippen LogP) is 5.53. The molecule has 0 radical (unpaired) electrons. The zero-order valence-electron chi connectivity index (χ0n) is 14.8. The molecule has 21 heavy (non-hydrogen) atoms. The Morgan fingerprint density at radius 2 is 1.90 bits per heavy atom. The lowest BCUT2D eigenvalue weighted by molar-refractivity contribution is 0.491. The molecular weight excluding hydrogens is 268 g/mol. The maximum Gasteiger partial charge on any atom is 0.0619 e. The maximum atomic E-state index is 2.55. The van der Waals surface area contributed by atoms with Gasteiger partial charge in [0.05, 0.1) is 9.52 Å². The van der Waals surface area contributed by atoms with Crippen molar-refractivity contribution in [1.29, 1.82) is 0 Å². The first-order chi connectivity index (χ1) is 9.86. The Labute approximate surface area is 133 Å². The largest absolute Gasteiger partial charge is 0.0840 e. The Morgan fingerprint density at radius 1 is 1.19 bits per heavy atom. The van der Waals surface area contributed by atoms with Gasteiger partial charge in [0, 0.05) is 0 Å². The number of hydrogen-bond donors (Lipinski definition) is 0. The van der Waals surface area contributed by atoms with Crippen LogP contribution in [0.25, 0.3) is 0 Å². The van der Waals surface area contributed by atoms with Crippen molar-refractivity contribution in [2.45, 2.75) is 65.8 Å². The van der Waals surface area contributed by atoms with Crippen LogP contribution in [0.3, 0.4) is 0 Å². The summed E-state index contributed by atoms with van der Waals surface area (Å²) in [5.41, 5.74) is 4.81. The Kier molecular flexibility index (Phi) is 5.14. The van der Waals surface area contributed by atoms with Gasteiger partial charge in [-0.15, -0.1) is 0 Å². The second-order valence-corrected chi connectivity index (χ2v) is 10.2. The van der Waals surface area contributed by atoms with Crippen LogP contribution in [0.15, 0.2) is 46.2 Å². The fourth-order valence-corrected chi connectivity index (χ4v) is 6.65. The first kappa shape index (κ1) is 16.5. The highest BCUT2D eigenvalue weighted by atomic mass is 28.2. The van der Waals surface area contributed by atoms with Crippen LogP contribution < -0.4 is 0 Å². The summed E-state index contributed by atoms with van der Waals surface area (Å²) in [6.07, 6.45) is 13.5. The van der Waals surface area contributed by atoms with Crippen molar-refractivity contribution in [2.24, 2.45) is 11.8 Å². The topological polar surface area (TPSA) is 0 Å². The van der Waals surface area contributed by atoms with Crippen molar-refractivity contribution in [1.82, 2.24) is 0 Å². The van der Waals surface area contributed by atoms with Crippen LogP contribution in [0.4, 0.5) is 0 Å². The van der Waals surface area contributed by atoms with Gasteiger partial charge in [0.1, 0.15) is 0 Å². The fourth-order valence-electron chi connectivity index (χ4n) is 3.80. The molecule has 0 aromatic rings. The molecule has 0 saturated heterocycles. The number of hydrogen-bond acceptors (Lipinski definition) is 0. The molecule has 0 amide bonds. The van der Waals surface area contributed by atoms with Gasteiger partial charge in [-0.1, -0.05) is 67.8 Å². The average Bonchev–Trinajstić information content (AvgIpc) is 2.64. The van der Waals surface area contributed by atoms with Crippen molar-refractivity contribution >= 4 is 9.52 Å². The summed E-state index contributed by atoms with van der Waals surface area (Å²) in [7, 11) is -0.266. The van der Waals surface area contributed by atoms with E-state index in [0.717, 1.165) is 5.92 Å². The van der Waals surface area contributed by atoms with E-state index in [9.17, 15) is 0 Å². The summed E-state index contributed by atoms with van der Waals surface area (Å²) in [5.74, 6) is 1.51. The molecule has 0 nitrogen and oxygen atoms in total. The highest BCUT2D eigenvalue weighted by molar-refractivity contribution is 6.51. The predicted molar refractivity (Wildman–Crippen MR) is 98.4 cm³/mol. The fraction of sp³-hybridized carbons (Fsp3) is 0.600. The third-order valence-electron chi connectivity index (χ3n) is 5.79. The van der Waals surface area contributed by atoms with Crippen LogP contribution in [0, 0.1) is 11.8 Å². The molecule has 0 aliphatic heterocycles. The molecule has 0 bridgehead atoms. The van der Waals surface area contributed by atoms with E-state index in [1.54, 1.807) is 16.7 Å². The molecule has 0 aromatic heterocycles. The van der Waals surface area contributed by atoms with Gasteiger partial charge in [0.2, 0.25) is 0 Å². The van der Waals surface area contributed by atoms with Crippen LogP contribution in [0.2, 0.25) is 5.04 Å². The average molecular weight is 301 g/mol. The number of rotatable bonds is 5. The Bertz CT molecular complexity index is 516. The summed E-state index contributed by atoms with van der Waals surface area (Å²) in [5, 5.41) is 2.32. The van der Waals surface area contributed by atoms with Crippen LogP contribution in [-0.2, 0) is 0 Å². The quantitative estimate of drug-likeness (QED) is 0.586. The zero-order valence-corrected chi connectivity index (χ0v) is 16.2. The van der Waals surface area contributed by atoms with Crippen molar-refractivity contribution in [3.8, 4) is 0 Å². The van der Waals surface area contributed by atoms with Crippen molar-refractivity contribution < 1.29 is 0 Å². The van der Waals surface area contributed by atoms with E-state index in [-0.39, 0.29) is 9.52 Å². The lowest BCUT2D eigenvalue weighted by atomic mass is 9.91. The van der Waals surface area contributed by atoms with Gasteiger partial charge >= 0.3 is 0 Å². The smallest absolute Gasteiger partial charge is 0.0619 e. The summed E-state index contributed by atoms with van der Waals surface area (Å²) in [6, 6.07) is 0. The molecule has 0 N–H and O–H groups in total. The van der Waals surface area contributed by atoms with E-state index in [4.69, 9.17) is 0 Å². The molecule has 2 aliphatic rings. The molecule has 2 rings (SSSR count). The first-order valence-corrected chi connectivity index (χ1v) is 9.99. The van der Waals surface area contributed by atoms with Gasteiger partial charge in [0.25, 0.3) is 0 Å². The lowest BCUT2D eigenvalue weighted by Gasteiger charge is -2.34. The normalized spacial score (nSPS) is 29.8. The van der Waals surface area contributed by atoms with E-state index < -0.39 is 0 Å². The van der Waals surface area contributed by atoms with E-state index in [0.29, 0.717) is 11.0 Å². The van der Waals surface area contributed by atoms with Gasteiger partial charge in [-0.2, -0.15) is 0 Å². The summed E-state index contributed by atoms with van der Waals surface area (Å²) in [4.78, 5) is 0. The molecule has 0 aromatic carbocycles. The van der Waals surface area contributed by atoms with Crippen LogP contribution >= 0.6 is 0 Å². The molecule has 0 spiro atoms. The molecule has 1 heteroatoms. The highest BCUT2D eigenvalue weighted by Crippen LogP contribution is 2.46. The zero-order chi connectivity index (χ0) is 15.6. The molecule has 2 unspecified atom stereocenters. The van der Waals surface area contributed by atoms with Crippen molar-refractivity contribution in [3.63, 3.8) is 0 Å². The van der Waals surface area contributed by atoms with Crippen molar-refractivity contribution in [3.05, 3.63) is 46.2 Å². The monoisotopic (exact) mass is 300 g/mol. The minimum absolute atomic E-state index is 0.266. The first-order valence-electron chi connectivity index (χ1n) is 8.58. The molecule has 0 heterocycles. The van der Waals surface area contributed by atoms with Gasteiger partial charge < -0.3 is 0 Å². The standard InChI is InChI=1S/C20H32Si/c1-14(2)10-13-20(11-8-7-9-12-20)21-19-17(5)15(3)16(4)18(19)6/h7-9,11,14,17H,10,12-13,21H2,1-6H3. The molecule has 2 atom stereocenters. The van der Waals surface area contributed by atoms with Gasteiger partial charge in [-0.3, -0.25) is 0 Å². The Morgan fingerprint density at radius 3 is 2.38 bits per heavy atom. The van der Waals surface area contributed by atoms with E-state index >= 15 is 0 Å². The third-order valence-corrected chi connectivity index (χ3v) is 8.90. The molecule has 0 fully saturated rings. The van der Waals surface area contributed by atoms with E-state index in [1.807, 2.05) is 5.20 Å². The van der Waals surface area contributed by atoms with Gasteiger partial charge in [-0.05, 0) is 56.1 Å². The van der Waals surface area contributed by atoms with E-state index in [2.05, 4.69) is 65.8 Å². The summed E-state index contributed by atoms with van der Waals surface area (Å²) >= 11 is 0. The minimum Gasteiger partial charge on any atom is -0.0840 e. The molecular formula is C20H32Si. The molecule has 2 aliphatic carbocycles.